The molecule has 0 N–H and O–H groups in total. The highest BCUT2D eigenvalue weighted by molar-refractivity contribution is 6.28. The first-order chi connectivity index (χ1) is 20.8. The maximum atomic E-state index is 2.55. The van der Waals surface area contributed by atoms with Gasteiger partial charge < -0.3 is 9.13 Å². The van der Waals surface area contributed by atoms with Crippen molar-refractivity contribution in [3.05, 3.63) is 121 Å². The second kappa shape index (κ2) is 8.61. The first-order valence-corrected chi connectivity index (χ1v) is 15.9. The van der Waals surface area contributed by atoms with Gasteiger partial charge in [0.25, 0.3) is 0 Å². The molecular formula is C40H34N2. The molecule has 7 aromatic rings. The molecular weight excluding hydrogens is 508 g/mol. The Labute approximate surface area is 246 Å². The van der Waals surface area contributed by atoms with Crippen LogP contribution in [0.15, 0.2) is 115 Å². The van der Waals surface area contributed by atoms with Gasteiger partial charge in [-0.2, -0.15) is 0 Å². The van der Waals surface area contributed by atoms with Crippen LogP contribution in [0.4, 0.5) is 0 Å². The zero-order valence-corrected chi connectivity index (χ0v) is 23.8. The summed E-state index contributed by atoms with van der Waals surface area (Å²) in [5.74, 6) is 4.52. The molecule has 2 heteroatoms. The average Bonchev–Trinajstić information content (AvgIpc) is 3.54. The highest BCUT2D eigenvalue weighted by atomic mass is 15.0. The van der Waals surface area contributed by atoms with Crippen LogP contribution >= 0.6 is 0 Å². The third-order valence-corrected chi connectivity index (χ3v) is 11.2. The molecule has 4 aliphatic carbocycles. The van der Waals surface area contributed by atoms with Gasteiger partial charge in [-0.25, -0.2) is 0 Å². The van der Waals surface area contributed by atoms with Crippen LogP contribution in [0.3, 0.4) is 0 Å². The van der Waals surface area contributed by atoms with Crippen LogP contribution in [0.25, 0.3) is 55.0 Å². The topological polar surface area (TPSA) is 9.86 Å². The van der Waals surface area contributed by atoms with Crippen LogP contribution in [-0.4, -0.2) is 9.13 Å². The molecule has 0 aliphatic heterocycles. The summed E-state index contributed by atoms with van der Waals surface area (Å²) in [4.78, 5) is 0. The summed E-state index contributed by atoms with van der Waals surface area (Å²) in [6.45, 7) is 0. The minimum absolute atomic E-state index is 0.737. The maximum Gasteiger partial charge on any atom is 0.0548 e. The van der Waals surface area contributed by atoms with Crippen molar-refractivity contribution in [1.29, 1.82) is 0 Å². The second-order valence-electron chi connectivity index (χ2n) is 13.4. The molecule has 204 valence electrons. The summed E-state index contributed by atoms with van der Waals surface area (Å²) in [5.41, 5.74) is 9.19. The van der Waals surface area contributed by atoms with Crippen LogP contribution in [0, 0.1) is 23.7 Å². The quantitative estimate of drug-likeness (QED) is 0.210. The zero-order valence-electron chi connectivity index (χ0n) is 23.8. The van der Waals surface area contributed by atoms with Gasteiger partial charge in [-0.1, -0.05) is 66.7 Å². The summed E-state index contributed by atoms with van der Waals surface area (Å²) in [7, 11) is 0. The number of benzene rings is 5. The lowest BCUT2D eigenvalue weighted by atomic mass is 9.51. The Balaban J connectivity index is 1.24. The molecule has 0 saturated heterocycles. The molecule has 0 radical (unpaired) electrons. The molecule has 0 atom stereocenters. The van der Waals surface area contributed by atoms with E-state index in [0.29, 0.717) is 0 Å². The number of fused-ring (bicyclic) bond motifs is 7. The molecule has 4 fully saturated rings. The Morgan fingerprint density at radius 2 is 0.952 bits per heavy atom. The lowest BCUT2D eigenvalue weighted by Crippen LogP contribution is -2.43. The molecule has 0 amide bonds. The van der Waals surface area contributed by atoms with Crippen LogP contribution in [-0.2, 0) is 0 Å². The Hall–Kier alpha value is -4.30. The minimum atomic E-state index is 0.737. The van der Waals surface area contributed by atoms with E-state index >= 15 is 0 Å². The second-order valence-corrected chi connectivity index (χ2v) is 13.4. The number of hydrogen-bond donors (Lipinski definition) is 0. The van der Waals surface area contributed by atoms with Crippen LogP contribution in [0.1, 0.15) is 43.6 Å². The normalized spacial score (nSPS) is 24.9. The van der Waals surface area contributed by atoms with Gasteiger partial charge in [-0.15, -0.1) is 0 Å². The summed E-state index contributed by atoms with van der Waals surface area (Å²) < 4.78 is 4.97. The molecule has 0 unspecified atom stereocenters. The van der Waals surface area contributed by atoms with Gasteiger partial charge in [-0.05, 0) is 116 Å². The van der Waals surface area contributed by atoms with Crippen molar-refractivity contribution >= 4 is 43.6 Å². The average molecular weight is 543 g/mol. The van der Waals surface area contributed by atoms with Crippen LogP contribution < -0.4 is 0 Å². The molecule has 2 heterocycles. The maximum absolute atomic E-state index is 2.55. The molecule has 4 saturated carbocycles. The molecule has 4 bridgehead atoms. The molecule has 4 aliphatic rings. The Morgan fingerprint density at radius 3 is 1.57 bits per heavy atom. The summed E-state index contributed by atoms with van der Waals surface area (Å²) >= 11 is 0. The molecule has 11 rings (SSSR count). The van der Waals surface area contributed by atoms with Crippen molar-refractivity contribution in [3.63, 3.8) is 0 Å². The van der Waals surface area contributed by atoms with Gasteiger partial charge in [-0.3, -0.25) is 0 Å². The smallest absolute Gasteiger partial charge is 0.0548 e. The van der Waals surface area contributed by atoms with E-state index in [-0.39, 0.29) is 0 Å². The number of nitrogens with zero attached hydrogens (tertiary/aromatic N) is 2. The van der Waals surface area contributed by atoms with Crippen LogP contribution in [0.5, 0.6) is 0 Å². The predicted octanol–water partition coefficient (Wildman–Crippen LogP) is 10.4. The molecule has 42 heavy (non-hydrogen) atoms. The van der Waals surface area contributed by atoms with Crippen molar-refractivity contribution < 1.29 is 0 Å². The van der Waals surface area contributed by atoms with Gasteiger partial charge >= 0.3 is 0 Å². The van der Waals surface area contributed by atoms with E-state index in [1.807, 2.05) is 0 Å². The lowest BCUT2D eigenvalue weighted by molar-refractivity contribution is -0.00277. The molecule has 2 nitrogen and oxygen atoms in total. The van der Waals surface area contributed by atoms with E-state index in [1.165, 1.54) is 87.1 Å². The molecule has 2 aromatic heterocycles. The van der Waals surface area contributed by atoms with Crippen molar-refractivity contribution in [1.82, 2.24) is 9.13 Å². The monoisotopic (exact) mass is 542 g/mol. The van der Waals surface area contributed by atoms with Crippen molar-refractivity contribution in [2.24, 2.45) is 23.7 Å². The summed E-state index contributed by atoms with van der Waals surface area (Å²) in [6, 6.07) is 43.1. The van der Waals surface area contributed by atoms with Gasteiger partial charge in [0.2, 0.25) is 0 Å². The van der Waals surface area contributed by atoms with E-state index in [4.69, 9.17) is 0 Å². The van der Waals surface area contributed by atoms with Gasteiger partial charge in [0.15, 0.2) is 0 Å². The van der Waals surface area contributed by atoms with E-state index < -0.39 is 0 Å². The molecule has 5 aromatic carbocycles. The van der Waals surface area contributed by atoms with Crippen LogP contribution in [0.2, 0.25) is 0 Å². The van der Waals surface area contributed by atoms with E-state index in [1.54, 1.807) is 5.56 Å². The molecule has 0 spiro atoms. The predicted molar refractivity (Wildman–Crippen MR) is 175 cm³/mol. The summed E-state index contributed by atoms with van der Waals surface area (Å²) in [6.07, 6.45) is 7.35. The first-order valence-electron chi connectivity index (χ1n) is 15.9. The fraction of sp³-hybridized carbons (Fsp3) is 0.250. The van der Waals surface area contributed by atoms with E-state index in [0.717, 1.165) is 29.6 Å². The van der Waals surface area contributed by atoms with Gasteiger partial charge in [0, 0.05) is 32.9 Å². The largest absolute Gasteiger partial charge is 0.309 e. The number of rotatable bonds is 3. The lowest BCUT2D eigenvalue weighted by Gasteiger charge is -2.54. The number of para-hydroxylation sites is 3. The third-order valence-electron chi connectivity index (χ3n) is 11.2. The highest BCUT2D eigenvalue weighted by Gasteiger charge is 2.48. The SMILES string of the molecule is c1ccc(-n2c3ccccc3c3c4c5ccccc5n(-c5cccc(C6C7CC8CC(C7)CC6C8)c5)c4ccc32)cc1. The number of aromatic nitrogens is 2. The Bertz CT molecular complexity index is 2130. The summed E-state index contributed by atoms with van der Waals surface area (Å²) in [5, 5.41) is 5.34. The highest BCUT2D eigenvalue weighted by Crippen LogP contribution is 2.60. The van der Waals surface area contributed by atoms with E-state index in [9.17, 15) is 0 Å². The van der Waals surface area contributed by atoms with Gasteiger partial charge in [0.1, 0.15) is 0 Å². The van der Waals surface area contributed by atoms with Gasteiger partial charge in [0.05, 0.1) is 22.1 Å². The van der Waals surface area contributed by atoms with Crippen molar-refractivity contribution in [2.75, 3.05) is 0 Å². The van der Waals surface area contributed by atoms with Crippen molar-refractivity contribution in [2.45, 2.75) is 38.0 Å². The van der Waals surface area contributed by atoms with E-state index in [2.05, 4.69) is 124 Å². The standard InChI is InChI=1S/C40H34N2/c1-2-10-30(11-3-1)41-34-15-6-4-13-32(34)39-36(41)17-18-37-40(39)33-14-5-7-16-35(33)42(37)31-12-8-9-27(24-31)38-28-20-25-19-26(22-28)23-29(38)21-25/h1-18,24-26,28-29,38H,19-23H2. The zero-order chi connectivity index (χ0) is 27.4. The minimum Gasteiger partial charge on any atom is -0.309 e. The Morgan fingerprint density at radius 1 is 0.429 bits per heavy atom. The fourth-order valence-electron chi connectivity index (χ4n) is 9.99. The fourth-order valence-corrected chi connectivity index (χ4v) is 9.99. The van der Waals surface area contributed by atoms with Crippen molar-refractivity contribution in [3.8, 4) is 11.4 Å². The number of hydrogen-bond acceptors (Lipinski definition) is 0. The third kappa shape index (κ3) is 3.16. The first kappa shape index (κ1) is 23.3. The Kier molecular flexibility index (Phi) is 4.77.